The van der Waals surface area contributed by atoms with Gasteiger partial charge in [0.2, 0.25) is 0 Å². The van der Waals surface area contributed by atoms with Crippen LogP contribution in [-0.4, -0.2) is 26.8 Å². The smallest absolute Gasteiger partial charge is 0.168 e. The monoisotopic (exact) mass is 302 g/mol. The minimum Gasteiger partial charge on any atom is -0.493 e. The van der Waals surface area contributed by atoms with Crippen molar-refractivity contribution in [3.05, 3.63) is 30.3 Å². The lowest BCUT2D eigenvalue weighted by molar-refractivity contribution is 0.358. The molecule has 2 rings (SSSR count). The zero-order chi connectivity index (χ0) is 15.9. The Morgan fingerprint density at radius 1 is 1.14 bits per heavy atom. The van der Waals surface area contributed by atoms with E-state index in [0.717, 1.165) is 53.8 Å². The molecular formula is C18H26N2O2. The van der Waals surface area contributed by atoms with Crippen molar-refractivity contribution in [2.24, 2.45) is 5.73 Å². The molecule has 4 heteroatoms. The lowest BCUT2D eigenvalue weighted by Gasteiger charge is -2.21. The van der Waals surface area contributed by atoms with Crippen LogP contribution in [0.4, 0.5) is 5.69 Å². The van der Waals surface area contributed by atoms with Gasteiger partial charge in [0.05, 0.1) is 14.2 Å². The van der Waals surface area contributed by atoms with Crippen LogP contribution in [0.25, 0.3) is 10.8 Å². The predicted molar refractivity (Wildman–Crippen MR) is 93.0 cm³/mol. The summed E-state index contributed by atoms with van der Waals surface area (Å²) in [4.78, 5) is 0. The van der Waals surface area contributed by atoms with Crippen molar-refractivity contribution in [1.82, 2.24) is 0 Å². The van der Waals surface area contributed by atoms with E-state index in [1.807, 2.05) is 18.2 Å². The molecule has 3 N–H and O–H groups in total. The quantitative estimate of drug-likeness (QED) is 0.779. The van der Waals surface area contributed by atoms with Gasteiger partial charge in [0.25, 0.3) is 0 Å². The number of benzene rings is 2. The molecule has 0 aliphatic heterocycles. The van der Waals surface area contributed by atoms with Crippen LogP contribution in [0.3, 0.4) is 0 Å². The van der Waals surface area contributed by atoms with Crippen molar-refractivity contribution in [3.8, 4) is 11.5 Å². The topological polar surface area (TPSA) is 56.5 Å². The Balaban J connectivity index is 2.44. The zero-order valence-electron chi connectivity index (χ0n) is 13.7. The normalized spacial score (nSPS) is 12.2. The van der Waals surface area contributed by atoms with Gasteiger partial charge >= 0.3 is 0 Å². The van der Waals surface area contributed by atoms with Gasteiger partial charge < -0.3 is 20.5 Å². The average Bonchev–Trinajstić information content (AvgIpc) is 2.57. The number of methoxy groups -OCH3 is 2. The van der Waals surface area contributed by atoms with E-state index in [1.165, 1.54) is 0 Å². The summed E-state index contributed by atoms with van der Waals surface area (Å²) < 4.78 is 11.0. The van der Waals surface area contributed by atoms with Crippen molar-refractivity contribution < 1.29 is 9.47 Å². The lowest BCUT2D eigenvalue weighted by Crippen LogP contribution is -2.20. The molecule has 0 heterocycles. The van der Waals surface area contributed by atoms with E-state index >= 15 is 0 Å². The first-order valence-corrected chi connectivity index (χ1v) is 7.85. The van der Waals surface area contributed by atoms with Gasteiger partial charge in [0.15, 0.2) is 11.5 Å². The van der Waals surface area contributed by atoms with Crippen molar-refractivity contribution in [1.29, 1.82) is 0 Å². The molecule has 0 radical (unpaired) electrons. The first kappa shape index (κ1) is 16.4. The molecule has 1 atom stereocenters. The van der Waals surface area contributed by atoms with Crippen LogP contribution >= 0.6 is 0 Å². The molecule has 0 amide bonds. The number of rotatable bonds is 8. The minimum absolute atomic E-state index is 0.407. The summed E-state index contributed by atoms with van der Waals surface area (Å²) in [5, 5.41) is 5.84. The molecule has 0 saturated heterocycles. The first-order chi connectivity index (χ1) is 10.7. The molecule has 0 bridgehead atoms. The Morgan fingerprint density at radius 2 is 1.86 bits per heavy atom. The van der Waals surface area contributed by atoms with E-state index in [1.54, 1.807) is 14.2 Å². The Bertz CT molecular complexity index is 613. The second-order valence-electron chi connectivity index (χ2n) is 5.39. The maximum absolute atomic E-state index is 5.63. The summed E-state index contributed by atoms with van der Waals surface area (Å²) in [6, 6.07) is 10.6. The first-order valence-electron chi connectivity index (χ1n) is 7.85. The fraction of sp³-hybridized carbons (Fsp3) is 0.444. The van der Waals surface area contributed by atoms with Crippen LogP contribution in [0.5, 0.6) is 11.5 Å². The van der Waals surface area contributed by atoms with E-state index in [-0.39, 0.29) is 0 Å². The summed E-state index contributed by atoms with van der Waals surface area (Å²) in [7, 11) is 3.34. The predicted octanol–water partition coefficient (Wildman–Crippen LogP) is 3.79. The van der Waals surface area contributed by atoms with Crippen LogP contribution in [0.1, 0.15) is 26.2 Å². The van der Waals surface area contributed by atoms with Gasteiger partial charge in [-0.2, -0.15) is 0 Å². The number of hydrogen-bond acceptors (Lipinski definition) is 4. The summed E-state index contributed by atoms with van der Waals surface area (Å²) >= 11 is 0. The summed E-state index contributed by atoms with van der Waals surface area (Å²) in [6.45, 7) is 2.92. The largest absolute Gasteiger partial charge is 0.493 e. The second-order valence-corrected chi connectivity index (χ2v) is 5.39. The van der Waals surface area contributed by atoms with Gasteiger partial charge in [-0.3, -0.25) is 0 Å². The third-order valence-corrected chi connectivity index (χ3v) is 3.99. The number of ether oxygens (including phenoxy) is 2. The molecule has 0 unspecified atom stereocenters. The van der Waals surface area contributed by atoms with Crippen LogP contribution in [-0.2, 0) is 0 Å². The number of nitrogens with one attached hydrogen (secondary N) is 1. The molecule has 0 aliphatic rings. The van der Waals surface area contributed by atoms with E-state index in [4.69, 9.17) is 15.2 Å². The van der Waals surface area contributed by atoms with Gasteiger partial charge in [-0.05, 0) is 25.8 Å². The molecule has 0 aromatic heterocycles. The van der Waals surface area contributed by atoms with Crippen LogP contribution in [0.2, 0.25) is 0 Å². The fourth-order valence-electron chi connectivity index (χ4n) is 2.77. The van der Waals surface area contributed by atoms with E-state index < -0.39 is 0 Å². The van der Waals surface area contributed by atoms with Gasteiger partial charge in [0, 0.05) is 28.6 Å². The second kappa shape index (κ2) is 7.90. The maximum atomic E-state index is 5.63. The highest BCUT2D eigenvalue weighted by atomic mass is 16.5. The van der Waals surface area contributed by atoms with Gasteiger partial charge in [-0.15, -0.1) is 0 Å². The van der Waals surface area contributed by atoms with Gasteiger partial charge in [-0.1, -0.05) is 31.2 Å². The Kier molecular flexibility index (Phi) is 5.90. The van der Waals surface area contributed by atoms with Crippen LogP contribution in [0.15, 0.2) is 30.3 Å². The lowest BCUT2D eigenvalue weighted by atomic mass is 10.0. The van der Waals surface area contributed by atoms with E-state index in [9.17, 15) is 0 Å². The Morgan fingerprint density at radius 3 is 2.45 bits per heavy atom. The van der Waals surface area contributed by atoms with Gasteiger partial charge in [0.1, 0.15) is 0 Å². The fourth-order valence-corrected chi connectivity index (χ4v) is 2.77. The highest BCUT2D eigenvalue weighted by molar-refractivity contribution is 6.00. The van der Waals surface area contributed by atoms with Crippen molar-refractivity contribution in [2.45, 2.75) is 32.2 Å². The minimum atomic E-state index is 0.407. The third kappa shape index (κ3) is 3.45. The average molecular weight is 302 g/mol. The van der Waals surface area contributed by atoms with Crippen molar-refractivity contribution >= 4 is 16.5 Å². The standard InChI is InChI=1S/C18H26N2O2/c1-4-13(8-7-11-19)20-16-12-17(21-2)18(22-3)15-10-6-5-9-14(15)16/h5-6,9-10,12-13,20H,4,7-8,11,19H2,1-3H3/t13-/m0/s1. The molecular weight excluding hydrogens is 276 g/mol. The molecule has 2 aromatic carbocycles. The number of nitrogens with two attached hydrogens (primary N) is 1. The highest BCUT2D eigenvalue weighted by Gasteiger charge is 2.15. The summed E-state index contributed by atoms with van der Waals surface area (Å²) in [5.74, 6) is 1.52. The summed E-state index contributed by atoms with van der Waals surface area (Å²) in [5.41, 5.74) is 6.72. The summed E-state index contributed by atoms with van der Waals surface area (Å²) in [6.07, 6.45) is 3.15. The van der Waals surface area contributed by atoms with Gasteiger partial charge in [-0.25, -0.2) is 0 Å². The highest BCUT2D eigenvalue weighted by Crippen LogP contribution is 2.40. The molecule has 0 aliphatic carbocycles. The Labute approximate surface area is 132 Å². The molecule has 0 spiro atoms. The maximum Gasteiger partial charge on any atom is 0.168 e. The van der Waals surface area contributed by atoms with E-state index in [2.05, 4.69) is 24.4 Å². The number of hydrogen-bond donors (Lipinski definition) is 2. The third-order valence-electron chi connectivity index (χ3n) is 3.99. The van der Waals surface area contributed by atoms with Crippen LogP contribution < -0.4 is 20.5 Å². The molecule has 2 aromatic rings. The Hall–Kier alpha value is -1.94. The molecule has 22 heavy (non-hydrogen) atoms. The molecule has 120 valence electrons. The zero-order valence-corrected chi connectivity index (χ0v) is 13.7. The number of fused-ring (bicyclic) bond motifs is 1. The molecule has 0 saturated carbocycles. The van der Waals surface area contributed by atoms with Crippen molar-refractivity contribution in [3.63, 3.8) is 0 Å². The van der Waals surface area contributed by atoms with E-state index in [0.29, 0.717) is 6.04 Å². The molecule has 0 fully saturated rings. The van der Waals surface area contributed by atoms with Crippen LogP contribution in [0, 0.1) is 0 Å². The molecule has 4 nitrogen and oxygen atoms in total. The van der Waals surface area contributed by atoms with Crippen molar-refractivity contribution in [2.75, 3.05) is 26.1 Å². The number of anilines is 1. The SMILES string of the molecule is CC[C@@H](CCCN)Nc1cc(OC)c(OC)c2ccccc12.